The van der Waals surface area contributed by atoms with Gasteiger partial charge in [-0.15, -0.1) is 0 Å². The second-order valence-corrected chi connectivity index (χ2v) is 4.97. The van der Waals surface area contributed by atoms with Crippen LogP contribution in [0.3, 0.4) is 0 Å². The Labute approximate surface area is 111 Å². The number of hydrogen-bond acceptors (Lipinski definition) is 2. The predicted octanol–water partition coefficient (Wildman–Crippen LogP) is 3.77. The van der Waals surface area contributed by atoms with Gasteiger partial charge in [-0.3, -0.25) is 4.79 Å². The van der Waals surface area contributed by atoms with E-state index in [1.807, 2.05) is 45.0 Å². The number of nitrogens with zero attached hydrogens (tertiary/aromatic N) is 2. The van der Waals surface area contributed by atoms with Crippen LogP contribution in [0.5, 0.6) is 0 Å². The van der Waals surface area contributed by atoms with Gasteiger partial charge >= 0.3 is 0 Å². The number of aromatic nitrogens is 2. The molecule has 0 saturated carbocycles. The molecule has 94 valence electrons. The maximum absolute atomic E-state index is 11.1. The molecule has 0 saturated heterocycles. The van der Waals surface area contributed by atoms with Crippen LogP contribution in [0.4, 0.5) is 0 Å². The van der Waals surface area contributed by atoms with Crippen molar-refractivity contribution in [1.82, 2.24) is 9.78 Å². The molecule has 0 N–H and O–H groups in total. The molecule has 0 aliphatic rings. The first-order valence-electron chi connectivity index (χ1n) is 5.85. The topological polar surface area (TPSA) is 34.9 Å². The van der Waals surface area contributed by atoms with E-state index in [2.05, 4.69) is 5.10 Å². The largest absolute Gasteiger partial charge is 0.298 e. The Hall–Kier alpha value is -1.61. The first kappa shape index (κ1) is 12.8. The average molecular weight is 263 g/mol. The van der Waals surface area contributed by atoms with Crippen molar-refractivity contribution in [1.29, 1.82) is 0 Å². The highest BCUT2D eigenvalue weighted by atomic mass is 35.5. The molecule has 0 radical (unpaired) electrons. The van der Waals surface area contributed by atoms with Gasteiger partial charge in [-0.05, 0) is 25.0 Å². The molecular formula is C14H15ClN2O. The van der Waals surface area contributed by atoms with Crippen molar-refractivity contribution in [2.75, 3.05) is 0 Å². The highest BCUT2D eigenvalue weighted by Gasteiger charge is 2.18. The number of carbonyl (C=O) groups is 1. The Kier molecular flexibility index (Phi) is 3.53. The zero-order chi connectivity index (χ0) is 13.3. The van der Waals surface area contributed by atoms with Gasteiger partial charge in [0.2, 0.25) is 0 Å². The molecule has 1 aromatic heterocycles. The number of benzene rings is 1. The predicted molar refractivity (Wildman–Crippen MR) is 72.8 cm³/mol. The maximum Gasteiger partial charge on any atom is 0.155 e. The van der Waals surface area contributed by atoms with Crippen LogP contribution in [0.25, 0.3) is 5.69 Å². The van der Waals surface area contributed by atoms with Gasteiger partial charge in [-0.1, -0.05) is 43.1 Å². The smallest absolute Gasteiger partial charge is 0.155 e. The number of carbonyl (C=O) groups excluding carboxylic acids is 1. The normalized spacial score (nSPS) is 10.9. The lowest BCUT2D eigenvalue weighted by molar-refractivity contribution is 0.112. The molecule has 0 aliphatic carbocycles. The van der Waals surface area contributed by atoms with E-state index in [0.29, 0.717) is 10.7 Å². The van der Waals surface area contributed by atoms with E-state index < -0.39 is 0 Å². The summed E-state index contributed by atoms with van der Waals surface area (Å²) in [5.74, 6) is 0.161. The summed E-state index contributed by atoms with van der Waals surface area (Å²) in [6, 6.07) is 7.85. The summed E-state index contributed by atoms with van der Waals surface area (Å²) >= 11 is 6.22. The van der Waals surface area contributed by atoms with E-state index in [-0.39, 0.29) is 5.92 Å². The second-order valence-electron chi connectivity index (χ2n) is 4.61. The summed E-state index contributed by atoms with van der Waals surface area (Å²) in [7, 11) is 0. The molecule has 0 amide bonds. The molecule has 4 heteroatoms. The number of rotatable bonds is 3. The van der Waals surface area contributed by atoms with E-state index in [9.17, 15) is 4.79 Å². The lowest BCUT2D eigenvalue weighted by atomic mass is 10.1. The molecular weight excluding hydrogens is 248 g/mol. The van der Waals surface area contributed by atoms with Crippen LogP contribution in [-0.2, 0) is 0 Å². The van der Waals surface area contributed by atoms with Crippen LogP contribution in [-0.4, -0.2) is 16.1 Å². The van der Waals surface area contributed by atoms with Crippen molar-refractivity contribution in [3.8, 4) is 5.69 Å². The van der Waals surface area contributed by atoms with E-state index in [1.165, 1.54) is 5.56 Å². The van der Waals surface area contributed by atoms with Gasteiger partial charge in [-0.2, -0.15) is 5.10 Å². The Morgan fingerprint density at radius 3 is 2.33 bits per heavy atom. The quantitative estimate of drug-likeness (QED) is 0.789. The zero-order valence-electron chi connectivity index (χ0n) is 10.6. The number of hydrogen-bond donors (Lipinski definition) is 0. The van der Waals surface area contributed by atoms with Crippen molar-refractivity contribution in [2.45, 2.75) is 26.7 Å². The molecule has 2 rings (SSSR count). The lowest BCUT2D eigenvalue weighted by Crippen LogP contribution is -1.98. The van der Waals surface area contributed by atoms with Crippen LogP contribution in [0.1, 0.15) is 41.4 Å². The molecule has 1 heterocycles. The van der Waals surface area contributed by atoms with Gasteiger partial charge in [0.15, 0.2) is 6.29 Å². The summed E-state index contributed by atoms with van der Waals surface area (Å²) < 4.78 is 1.61. The SMILES string of the molecule is Cc1ccc(-n2nc(C(C)C)c(C=O)c2Cl)cc1. The molecule has 0 atom stereocenters. The van der Waals surface area contributed by atoms with Crippen LogP contribution in [0.15, 0.2) is 24.3 Å². The molecule has 3 nitrogen and oxygen atoms in total. The van der Waals surface area contributed by atoms with Crippen LogP contribution in [0.2, 0.25) is 5.15 Å². The van der Waals surface area contributed by atoms with Crippen molar-refractivity contribution < 1.29 is 4.79 Å². The fraction of sp³-hybridized carbons (Fsp3) is 0.286. The third-order valence-electron chi connectivity index (χ3n) is 2.84. The first-order chi connectivity index (χ1) is 8.54. The minimum absolute atomic E-state index is 0.161. The molecule has 2 aromatic rings. The minimum Gasteiger partial charge on any atom is -0.298 e. The van der Waals surface area contributed by atoms with Crippen LogP contribution < -0.4 is 0 Å². The molecule has 18 heavy (non-hydrogen) atoms. The molecule has 0 unspecified atom stereocenters. The third kappa shape index (κ3) is 2.18. The Morgan fingerprint density at radius 2 is 1.89 bits per heavy atom. The Balaban J connectivity index is 2.58. The van der Waals surface area contributed by atoms with E-state index in [1.54, 1.807) is 4.68 Å². The summed E-state index contributed by atoms with van der Waals surface area (Å²) in [6.45, 7) is 6.00. The highest BCUT2D eigenvalue weighted by Crippen LogP contribution is 2.26. The van der Waals surface area contributed by atoms with E-state index in [0.717, 1.165) is 17.7 Å². The van der Waals surface area contributed by atoms with Crippen LogP contribution >= 0.6 is 11.6 Å². The average Bonchev–Trinajstić information content (AvgIpc) is 2.67. The summed E-state index contributed by atoms with van der Waals surface area (Å²) in [6.07, 6.45) is 0.773. The number of aldehydes is 1. The van der Waals surface area contributed by atoms with E-state index >= 15 is 0 Å². The van der Waals surface area contributed by atoms with Crippen molar-refractivity contribution in [3.63, 3.8) is 0 Å². The van der Waals surface area contributed by atoms with Crippen molar-refractivity contribution in [3.05, 3.63) is 46.2 Å². The Morgan fingerprint density at radius 1 is 1.28 bits per heavy atom. The summed E-state index contributed by atoms with van der Waals surface area (Å²) in [5.41, 5.74) is 3.24. The highest BCUT2D eigenvalue weighted by molar-refractivity contribution is 6.32. The molecule has 0 aliphatic heterocycles. The van der Waals surface area contributed by atoms with Gasteiger partial charge in [0.1, 0.15) is 5.15 Å². The van der Waals surface area contributed by atoms with Gasteiger partial charge < -0.3 is 0 Å². The second kappa shape index (κ2) is 4.94. The Bertz CT molecular complexity index is 570. The fourth-order valence-corrected chi connectivity index (χ4v) is 2.09. The minimum atomic E-state index is 0.161. The monoisotopic (exact) mass is 262 g/mol. The van der Waals surface area contributed by atoms with Gasteiger partial charge in [0, 0.05) is 0 Å². The van der Waals surface area contributed by atoms with Crippen molar-refractivity contribution in [2.24, 2.45) is 0 Å². The first-order valence-corrected chi connectivity index (χ1v) is 6.23. The molecule has 0 fully saturated rings. The zero-order valence-corrected chi connectivity index (χ0v) is 11.4. The summed E-state index contributed by atoms with van der Waals surface area (Å²) in [4.78, 5) is 11.1. The summed E-state index contributed by atoms with van der Waals surface area (Å²) in [5, 5.41) is 4.81. The number of halogens is 1. The van der Waals surface area contributed by atoms with E-state index in [4.69, 9.17) is 11.6 Å². The third-order valence-corrected chi connectivity index (χ3v) is 3.20. The maximum atomic E-state index is 11.1. The molecule has 0 spiro atoms. The standard InChI is InChI=1S/C14H15ClN2O/c1-9(2)13-12(8-18)14(15)17(16-13)11-6-4-10(3)5-7-11/h4-9H,1-3H3. The van der Waals surface area contributed by atoms with Gasteiger partial charge in [0.05, 0.1) is 16.9 Å². The lowest BCUT2D eigenvalue weighted by Gasteiger charge is -2.03. The number of aryl methyl sites for hydroxylation is 1. The van der Waals surface area contributed by atoms with Gasteiger partial charge in [-0.25, -0.2) is 4.68 Å². The molecule has 0 bridgehead atoms. The fourth-order valence-electron chi connectivity index (χ4n) is 1.82. The molecule has 1 aromatic carbocycles. The van der Waals surface area contributed by atoms with Crippen LogP contribution in [0, 0.1) is 6.92 Å². The van der Waals surface area contributed by atoms with Gasteiger partial charge in [0.25, 0.3) is 0 Å². The van der Waals surface area contributed by atoms with Crippen molar-refractivity contribution >= 4 is 17.9 Å².